The van der Waals surface area contributed by atoms with E-state index in [2.05, 4.69) is 0 Å². The molecule has 2 aromatic rings. The van der Waals surface area contributed by atoms with Crippen molar-refractivity contribution in [1.82, 2.24) is 4.90 Å². The van der Waals surface area contributed by atoms with E-state index in [4.69, 9.17) is 9.47 Å². The SMILES string of the molecule is Cc1ccc(COC2=CC(=O)N(C(=O)OC(C)(C)C)[C@H]2Cc2ccccc2)cc1. The third kappa shape index (κ3) is 5.47. The van der Waals surface area contributed by atoms with E-state index in [9.17, 15) is 9.59 Å². The molecule has 5 heteroatoms. The summed E-state index contributed by atoms with van der Waals surface area (Å²) in [5.41, 5.74) is 2.48. The maximum absolute atomic E-state index is 12.7. The van der Waals surface area contributed by atoms with Gasteiger partial charge in [0, 0.05) is 12.5 Å². The summed E-state index contributed by atoms with van der Waals surface area (Å²) in [6, 6.07) is 17.2. The maximum atomic E-state index is 12.7. The van der Waals surface area contributed by atoms with Crippen LogP contribution in [-0.2, 0) is 27.3 Å². The number of hydrogen-bond donors (Lipinski definition) is 0. The second kappa shape index (κ2) is 8.52. The van der Waals surface area contributed by atoms with Crippen LogP contribution in [0, 0.1) is 6.92 Å². The molecule has 0 saturated carbocycles. The molecule has 5 nitrogen and oxygen atoms in total. The number of nitrogens with zero attached hydrogens (tertiary/aromatic N) is 1. The highest BCUT2D eigenvalue weighted by molar-refractivity contribution is 6.02. The molecule has 152 valence electrons. The third-order valence-electron chi connectivity index (χ3n) is 4.53. The Morgan fingerprint density at radius 2 is 1.66 bits per heavy atom. The van der Waals surface area contributed by atoms with Crippen LogP contribution >= 0.6 is 0 Å². The topological polar surface area (TPSA) is 55.8 Å². The molecule has 0 N–H and O–H groups in total. The van der Waals surface area contributed by atoms with Crippen LogP contribution in [0.5, 0.6) is 0 Å². The van der Waals surface area contributed by atoms with Crippen molar-refractivity contribution in [3.63, 3.8) is 0 Å². The van der Waals surface area contributed by atoms with Crippen molar-refractivity contribution < 1.29 is 19.1 Å². The summed E-state index contributed by atoms with van der Waals surface area (Å²) in [6.07, 6.45) is 1.20. The summed E-state index contributed by atoms with van der Waals surface area (Å²) in [7, 11) is 0. The van der Waals surface area contributed by atoms with Gasteiger partial charge < -0.3 is 9.47 Å². The molecule has 0 saturated heterocycles. The minimum absolute atomic E-state index is 0.326. The van der Waals surface area contributed by atoms with E-state index >= 15 is 0 Å². The monoisotopic (exact) mass is 393 g/mol. The van der Waals surface area contributed by atoms with Crippen molar-refractivity contribution in [2.45, 2.75) is 52.4 Å². The highest BCUT2D eigenvalue weighted by Gasteiger charge is 2.41. The summed E-state index contributed by atoms with van der Waals surface area (Å²) < 4.78 is 11.4. The number of hydrogen-bond acceptors (Lipinski definition) is 4. The number of aryl methyl sites for hydroxylation is 1. The van der Waals surface area contributed by atoms with E-state index in [1.807, 2.05) is 61.5 Å². The number of amides is 2. The zero-order chi connectivity index (χ0) is 21.0. The Hall–Kier alpha value is -3.08. The van der Waals surface area contributed by atoms with Gasteiger partial charge in [0.2, 0.25) is 0 Å². The van der Waals surface area contributed by atoms with Gasteiger partial charge in [-0.25, -0.2) is 9.69 Å². The van der Waals surface area contributed by atoms with Gasteiger partial charge in [0.1, 0.15) is 24.0 Å². The van der Waals surface area contributed by atoms with Crippen LogP contribution in [0.1, 0.15) is 37.5 Å². The normalized spacial score (nSPS) is 16.6. The van der Waals surface area contributed by atoms with E-state index < -0.39 is 23.6 Å². The van der Waals surface area contributed by atoms with Gasteiger partial charge in [-0.05, 0) is 38.8 Å². The third-order valence-corrected chi connectivity index (χ3v) is 4.53. The van der Waals surface area contributed by atoms with E-state index in [0.29, 0.717) is 18.8 Å². The maximum Gasteiger partial charge on any atom is 0.418 e. The molecular weight excluding hydrogens is 366 g/mol. The first kappa shape index (κ1) is 20.6. The van der Waals surface area contributed by atoms with Gasteiger partial charge in [0.25, 0.3) is 5.91 Å². The van der Waals surface area contributed by atoms with Gasteiger partial charge in [-0.2, -0.15) is 0 Å². The lowest BCUT2D eigenvalue weighted by atomic mass is 10.0. The quantitative estimate of drug-likeness (QED) is 0.733. The van der Waals surface area contributed by atoms with E-state index in [-0.39, 0.29) is 0 Å². The second-order valence-corrected chi connectivity index (χ2v) is 8.22. The van der Waals surface area contributed by atoms with Crippen LogP contribution in [0.15, 0.2) is 66.4 Å². The van der Waals surface area contributed by atoms with Gasteiger partial charge in [0.15, 0.2) is 0 Å². The molecule has 0 aliphatic carbocycles. The molecule has 0 spiro atoms. The Morgan fingerprint density at radius 1 is 1.00 bits per heavy atom. The van der Waals surface area contributed by atoms with Crippen molar-refractivity contribution in [2.75, 3.05) is 0 Å². The largest absolute Gasteiger partial charge is 0.491 e. The second-order valence-electron chi connectivity index (χ2n) is 8.22. The Morgan fingerprint density at radius 3 is 2.28 bits per heavy atom. The fourth-order valence-corrected chi connectivity index (χ4v) is 3.11. The minimum atomic E-state index is -0.694. The van der Waals surface area contributed by atoms with E-state index in [0.717, 1.165) is 16.0 Å². The fourth-order valence-electron chi connectivity index (χ4n) is 3.11. The summed E-state index contributed by atoms with van der Waals surface area (Å²) in [5.74, 6) is 0.0596. The average Bonchev–Trinajstić information content (AvgIpc) is 2.96. The molecule has 3 rings (SSSR count). The van der Waals surface area contributed by atoms with Crippen molar-refractivity contribution in [1.29, 1.82) is 0 Å². The lowest BCUT2D eigenvalue weighted by Crippen LogP contribution is -2.44. The van der Waals surface area contributed by atoms with Crippen LogP contribution in [0.3, 0.4) is 0 Å². The first-order chi connectivity index (χ1) is 13.7. The molecule has 29 heavy (non-hydrogen) atoms. The Labute approximate surface area is 171 Å². The highest BCUT2D eigenvalue weighted by atomic mass is 16.6. The minimum Gasteiger partial charge on any atom is -0.491 e. The van der Waals surface area contributed by atoms with Crippen molar-refractivity contribution >= 4 is 12.0 Å². The van der Waals surface area contributed by atoms with Gasteiger partial charge >= 0.3 is 6.09 Å². The molecule has 0 fully saturated rings. The van der Waals surface area contributed by atoms with Crippen LogP contribution in [0.25, 0.3) is 0 Å². The molecule has 1 atom stereocenters. The zero-order valence-corrected chi connectivity index (χ0v) is 17.3. The predicted molar refractivity (Wildman–Crippen MR) is 111 cm³/mol. The summed E-state index contributed by atoms with van der Waals surface area (Å²) in [4.78, 5) is 26.5. The molecule has 1 aliphatic rings. The summed E-state index contributed by atoms with van der Waals surface area (Å²) in [5, 5.41) is 0. The zero-order valence-electron chi connectivity index (χ0n) is 17.3. The summed E-state index contributed by atoms with van der Waals surface area (Å²) in [6.45, 7) is 7.68. The Bertz CT molecular complexity index is 895. The predicted octanol–water partition coefficient (Wildman–Crippen LogP) is 4.78. The average molecular weight is 393 g/mol. The fraction of sp³-hybridized carbons (Fsp3) is 0.333. The first-order valence-electron chi connectivity index (χ1n) is 9.73. The van der Waals surface area contributed by atoms with Gasteiger partial charge in [-0.1, -0.05) is 60.2 Å². The van der Waals surface area contributed by atoms with Crippen molar-refractivity contribution in [2.24, 2.45) is 0 Å². The van der Waals surface area contributed by atoms with E-state index in [1.54, 1.807) is 20.8 Å². The molecule has 2 amide bonds. The number of rotatable bonds is 5. The number of ether oxygens (including phenoxy) is 2. The summed E-state index contributed by atoms with van der Waals surface area (Å²) >= 11 is 0. The van der Waals surface area contributed by atoms with Crippen LogP contribution < -0.4 is 0 Å². The van der Waals surface area contributed by atoms with Gasteiger partial charge in [-0.3, -0.25) is 4.79 Å². The Balaban J connectivity index is 1.80. The first-order valence-corrected chi connectivity index (χ1v) is 9.73. The van der Waals surface area contributed by atoms with Gasteiger partial charge in [0.05, 0.1) is 0 Å². The molecule has 1 heterocycles. The van der Waals surface area contributed by atoms with Crippen LogP contribution in [0.4, 0.5) is 4.79 Å². The lowest BCUT2D eigenvalue weighted by Gasteiger charge is -2.28. The number of carbonyl (C=O) groups excluding carboxylic acids is 2. The molecule has 0 bridgehead atoms. The molecule has 0 radical (unpaired) electrons. The molecule has 2 aromatic carbocycles. The molecule has 0 unspecified atom stereocenters. The van der Waals surface area contributed by atoms with E-state index in [1.165, 1.54) is 11.6 Å². The Kier molecular flexibility index (Phi) is 6.06. The molecule has 1 aliphatic heterocycles. The standard InChI is InChI=1S/C24H27NO4/c1-17-10-12-19(13-11-17)16-28-21-15-22(26)25(23(27)29-24(2,3)4)20(21)14-18-8-6-5-7-9-18/h5-13,15,20H,14,16H2,1-4H3/t20-/m0/s1. The van der Waals surface area contributed by atoms with Crippen molar-refractivity contribution in [3.05, 3.63) is 83.1 Å². The molecule has 0 aromatic heterocycles. The highest BCUT2D eigenvalue weighted by Crippen LogP contribution is 2.27. The van der Waals surface area contributed by atoms with Crippen LogP contribution in [0.2, 0.25) is 0 Å². The lowest BCUT2D eigenvalue weighted by molar-refractivity contribution is -0.125. The number of imide groups is 1. The smallest absolute Gasteiger partial charge is 0.418 e. The number of benzene rings is 2. The van der Waals surface area contributed by atoms with Crippen LogP contribution in [-0.4, -0.2) is 28.5 Å². The van der Waals surface area contributed by atoms with Crippen molar-refractivity contribution in [3.8, 4) is 0 Å². The van der Waals surface area contributed by atoms with Gasteiger partial charge in [-0.15, -0.1) is 0 Å². The molecular formula is C24H27NO4. The number of carbonyl (C=O) groups is 2.